The first-order chi connectivity index (χ1) is 14.7. The van der Waals surface area contributed by atoms with Crippen LogP contribution in [-0.4, -0.2) is 21.7 Å². The Bertz CT molecular complexity index is 1490. The lowest BCUT2D eigenvalue weighted by atomic mass is 9.80. The van der Waals surface area contributed by atoms with E-state index in [-0.39, 0.29) is 0 Å². The second-order valence-electron chi connectivity index (χ2n) is 7.67. The van der Waals surface area contributed by atoms with E-state index in [0.29, 0.717) is 5.46 Å². The van der Waals surface area contributed by atoms with E-state index in [2.05, 4.69) is 77.4 Å². The van der Waals surface area contributed by atoms with Crippen LogP contribution in [0.3, 0.4) is 0 Å². The maximum atomic E-state index is 9.70. The van der Waals surface area contributed by atoms with Gasteiger partial charge in [0.25, 0.3) is 0 Å². The normalized spacial score (nSPS) is 11.7. The molecule has 0 aliphatic carbocycles. The molecule has 0 radical (unpaired) electrons. The van der Waals surface area contributed by atoms with Gasteiger partial charge < -0.3 is 14.6 Å². The molecule has 5 aromatic carbocycles. The molecule has 1 aromatic heterocycles. The van der Waals surface area contributed by atoms with Gasteiger partial charge in [0.1, 0.15) is 0 Å². The van der Waals surface area contributed by atoms with E-state index in [1.54, 1.807) is 6.07 Å². The summed E-state index contributed by atoms with van der Waals surface area (Å²) >= 11 is 0. The van der Waals surface area contributed by atoms with Crippen molar-refractivity contribution >= 4 is 55.9 Å². The van der Waals surface area contributed by atoms with Gasteiger partial charge in [-0.2, -0.15) is 0 Å². The van der Waals surface area contributed by atoms with Gasteiger partial charge in [-0.15, -0.1) is 0 Å². The van der Waals surface area contributed by atoms with Crippen LogP contribution >= 0.6 is 0 Å². The molecular formula is C26H18BNO2. The molecule has 1 heterocycles. The van der Waals surface area contributed by atoms with Crippen LogP contribution in [0.5, 0.6) is 0 Å². The molecule has 0 amide bonds. The summed E-state index contributed by atoms with van der Waals surface area (Å²) in [7, 11) is -1.50. The lowest BCUT2D eigenvalue weighted by Crippen LogP contribution is -2.29. The van der Waals surface area contributed by atoms with Crippen LogP contribution in [0.15, 0.2) is 97.1 Å². The summed E-state index contributed by atoms with van der Waals surface area (Å²) in [5, 5.41) is 26.7. The number of fused-ring (bicyclic) bond motifs is 7. The topological polar surface area (TPSA) is 45.4 Å². The molecule has 2 N–H and O–H groups in total. The highest BCUT2D eigenvalue weighted by atomic mass is 16.4. The van der Waals surface area contributed by atoms with Crippen LogP contribution in [0.2, 0.25) is 0 Å². The molecule has 6 aromatic rings. The number of nitrogens with zero attached hydrogens (tertiary/aromatic N) is 1. The predicted octanol–water partition coefficient (Wildman–Crippen LogP) is 4.77. The van der Waals surface area contributed by atoms with E-state index in [9.17, 15) is 10.0 Å². The Morgan fingerprint density at radius 1 is 0.567 bits per heavy atom. The van der Waals surface area contributed by atoms with Crippen molar-refractivity contribution in [3.05, 3.63) is 97.1 Å². The van der Waals surface area contributed by atoms with Gasteiger partial charge in [0.15, 0.2) is 0 Å². The van der Waals surface area contributed by atoms with Gasteiger partial charge in [0.2, 0.25) is 0 Å². The van der Waals surface area contributed by atoms with Gasteiger partial charge in [-0.1, -0.05) is 72.8 Å². The fourth-order valence-corrected chi connectivity index (χ4v) is 4.65. The van der Waals surface area contributed by atoms with Gasteiger partial charge in [0.05, 0.1) is 11.0 Å². The Morgan fingerprint density at radius 3 is 1.70 bits per heavy atom. The lowest BCUT2D eigenvalue weighted by Gasteiger charge is -2.10. The smallest absolute Gasteiger partial charge is 0.423 e. The van der Waals surface area contributed by atoms with Crippen molar-refractivity contribution < 1.29 is 10.0 Å². The van der Waals surface area contributed by atoms with Gasteiger partial charge in [0, 0.05) is 16.5 Å². The number of rotatable bonds is 2. The van der Waals surface area contributed by atoms with E-state index < -0.39 is 7.12 Å². The molecule has 30 heavy (non-hydrogen) atoms. The molecule has 0 saturated carbocycles. The summed E-state index contributed by atoms with van der Waals surface area (Å²) in [6.07, 6.45) is 0. The van der Waals surface area contributed by atoms with Crippen LogP contribution in [0.25, 0.3) is 49.0 Å². The van der Waals surface area contributed by atoms with Gasteiger partial charge in [-0.05, 0) is 51.3 Å². The fraction of sp³-hybridized carbons (Fsp3) is 0. The fourth-order valence-electron chi connectivity index (χ4n) is 4.65. The minimum Gasteiger partial charge on any atom is -0.423 e. The maximum Gasteiger partial charge on any atom is 0.488 e. The SMILES string of the molecule is OB(O)c1cccc(-n2c3ccc4ccccc4c3c3c4ccccc4ccc32)c1. The Kier molecular flexibility index (Phi) is 3.72. The molecule has 4 heteroatoms. The van der Waals surface area contributed by atoms with Crippen molar-refractivity contribution in [1.29, 1.82) is 0 Å². The Hall–Kier alpha value is -3.60. The molecule has 0 saturated heterocycles. The van der Waals surface area contributed by atoms with Crippen molar-refractivity contribution in [2.24, 2.45) is 0 Å². The second kappa shape index (κ2) is 6.46. The summed E-state index contributed by atoms with van der Waals surface area (Å²) in [4.78, 5) is 0. The van der Waals surface area contributed by atoms with E-state index >= 15 is 0 Å². The van der Waals surface area contributed by atoms with Crippen molar-refractivity contribution in [1.82, 2.24) is 4.57 Å². The minimum atomic E-state index is -1.50. The first kappa shape index (κ1) is 17.3. The van der Waals surface area contributed by atoms with E-state index in [1.807, 2.05) is 18.2 Å². The lowest BCUT2D eigenvalue weighted by molar-refractivity contribution is 0.426. The molecule has 3 nitrogen and oxygen atoms in total. The zero-order valence-corrected chi connectivity index (χ0v) is 16.2. The third-order valence-corrected chi connectivity index (χ3v) is 5.97. The summed E-state index contributed by atoms with van der Waals surface area (Å²) in [6.45, 7) is 0. The zero-order valence-electron chi connectivity index (χ0n) is 16.2. The molecule has 0 aliphatic heterocycles. The van der Waals surface area contributed by atoms with Crippen molar-refractivity contribution in [2.45, 2.75) is 0 Å². The number of benzene rings is 5. The molecule has 0 atom stereocenters. The molecule has 0 aliphatic rings. The van der Waals surface area contributed by atoms with E-state index in [4.69, 9.17) is 0 Å². The molecule has 0 fully saturated rings. The molecular weight excluding hydrogens is 369 g/mol. The third-order valence-electron chi connectivity index (χ3n) is 5.97. The minimum absolute atomic E-state index is 0.476. The maximum absolute atomic E-state index is 9.70. The summed E-state index contributed by atoms with van der Waals surface area (Å²) in [6, 6.07) is 33.0. The molecule has 0 unspecified atom stereocenters. The number of hydrogen-bond acceptors (Lipinski definition) is 2. The average molecular weight is 387 g/mol. The highest BCUT2D eigenvalue weighted by Gasteiger charge is 2.18. The van der Waals surface area contributed by atoms with Crippen LogP contribution in [-0.2, 0) is 0 Å². The van der Waals surface area contributed by atoms with Crippen molar-refractivity contribution in [3.8, 4) is 5.69 Å². The number of aromatic nitrogens is 1. The molecule has 142 valence electrons. The van der Waals surface area contributed by atoms with Crippen molar-refractivity contribution in [2.75, 3.05) is 0 Å². The molecule has 0 bridgehead atoms. The summed E-state index contributed by atoms with van der Waals surface area (Å²) in [5.74, 6) is 0. The van der Waals surface area contributed by atoms with Gasteiger partial charge in [-0.25, -0.2) is 0 Å². The largest absolute Gasteiger partial charge is 0.488 e. The predicted molar refractivity (Wildman–Crippen MR) is 126 cm³/mol. The quantitative estimate of drug-likeness (QED) is 0.421. The first-order valence-corrected chi connectivity index (χ1v) is 10.0. The van der Waals surface area contributed by atoms with Crippen LogP contribution in [0.4, 0.5) is 0 Å². The Balaban J connectivity index is 1.87. The van der Waals surface area contributed by atoms with Crippen molar-refractivity contribution in [3.63, 3.8) is 0 Å². The third kappa shape index (κ3) is 2.41. The highest BCUT2D eigenvalue weighted by Crippen LogP contribution is 2.40. The molecule has 6 rings (SSSR count). The summed E-state index contributed by atoms with van der Waals surface area (Å²) in [5.41, 5.74) is 3.59. The monoisotopic (exact) mass is 387 g/mol. The number of hydrogen-bond donors (Lipinski definition) is 2. The van der Waals surface area contributed by atoms with Gasteiger partial charge >= 0.3 is 7.12 Å². The van der Waals surface area contributed by atoms with E-state index in [0.717, 1.165) is 16.7 Å². The second-order valence-corrected chi connectivity index (χ2v) is 7.67. The van der Waals surface area contributed by atoms with Crippen LogP contribution in [0, 0.1) is 0 Å². The first-order valence-electron chi connectivity index (χ1n) is 10.0. The Morgan fingerprint density at radius 2 is 1.13 bits per heavy atom. The molecule has 0 spiro atoms. The highest BCUT2D eigenvalue weighted by molar-refractivity contribution is 6.58. The summed E-state index contributed by atoms with van der Waals surface area (Å²) < 4.78 is 2.22. The van der Waals surface area contributed by atoms with Crippen LogP contribution in [0.1, 0.15) is 0 Å². The van der Waals surface area contributed by atoms with Crippen LogP contribution < -0.4 is 5.46 Å². The average Bonchev–Trinajstić information content (AvgIpc) is 3.14. The Labute approximate surface area is 173 Å². The van der Waals surface area contributed by atoms with E-state index in [1.165, 1.54) is 32.3 Å². The van der Waals surface area contributed by atoms with Gasteiger partial charge in [-0.3, -0.25) is 0 Å². The zero-order chi connectivity index (χ0) is 20.2. The standard InChI is InChI=1S/C26H18BNO2/c29-27(30)19-8-5-9-20(16-19)28-23-14-12-17-6-1-3-10-21(17)25(23)26-22-11-4-2-7-18(22)13-15-24(26)28/h1-16,29-30H.